The highest BCUT2D eigenvalue weighted by Crippen LogP contribution is 2.48. The molecule has 7 rings (SSSR count). The number of nitrogens with one attached hydrogen (secondary N) is 2. The van der Waals surface area contributed by atoms with Crippen LogP contribution in [0.15, 0.2) is 47.6 Å². The Morgan fingerprint density at radius 2 is 2.00 bits per heavy atom. The molecule has 1 saturated carbocycles. The molecule has 5 heterocycles. The molecule has 0 bridgehead atoms. The van der Waals surface area contributed by atoms with E-state index < -0.39 is 0 Å². The summed E-state index contributed by atoms with van der Waals surface area (Å²) in [5.74, 6) is 1.34. The van der Waals surface area contributed by atoms with Gasteiger partial charge in [-0.3, -0.25) is 14.6 Å². The van der Waals surface area contributed by atoms with Crippen LogP contribution in [0.3, 0.4) is 0 Å². The first-order chi connectivity index (χ1) is 19.5. The van der Waals surface area contributed by atoms with E-state index >= 15 is 0 Å². The Balaban J connectivity index is 0.970. The number of fused-ring (bicyclic) bond motifs is 2. The molecule has 1 atom stereocenters. The lowest BCUT2D eigenvalue weighted by Gasteiger charge is -2.39. The molecule has 1 unspecified atom stereocenters. The molecule has 2 aromatic heterocycles. The highest BCUT2D eigenvalue weighted by molar-refractivity contribution is 7.16. The van der Waals surface area contributed by atoms with Gasteiger partial charge in [0.15, 0.2) is 0 Å². The fourth-order valence-electron chi connectivity index (χ4n) is 6.65. The average molecular weight is 558 g/mol. The van der Waals surface area contributed by atoms with Crippen molar-refractivity contribution in [3.8, 4) is 0 Å². The molecule has 9 heteroatoms. The molecule has 1 aliphatic carbocycles. The summed E-state index contributed by atoms with van der Waals surface area (Å²) in [7, 11) is 0. The Morgan fingerprint density at radius 1 is 1.15 bits per heavy atom. The van der Waals surface area contributed by atoms with Crippen LogP contribution in [-0.2, 0) is 11.2 Å². The number of carbonyl (C=O) groups is 1. The largest absolute Gasteiger partial charge is 0.363 e. The molecule has 210 valence electrons. The van der Waals surface area contributed by atoms with Crippen molar-refractivity contribution in [1.29, 1.82) is 0 Å². The van der Waals surface area contributed by atoms with Gasteiger partial charge in [-0.25, -0.2) is 9.97 Å². The lowest BCUT2D eigenvalue weighted by atomic mass is 9.95. The van der Waals surface area contributed by atoms with Crippen molar-refractivity contribution in [1.82, 2.24) is 24.7 Å². The smallest absolute Gasteiger partial charge is 0.230 e. The molecule has 1 saturated heterocycles. The first-order valence-electron chi connectivity index (χ1n) is 14.8. The molecule has 2 N–H and O–H groups in total. The number of pyridine rings is 1. The Morgan fingerprint density at radius 3 is 2.75 bits per heavy atom. The highest BCUT2D eigenvalue weighted by Gasteiger charge is 2.52. The summed E-state index contributed by atoms with van der Waals surface area (Å²) in [6, 6.07) is 9.21. The molecule has 8 nitrogen and oxygen atoms in total. The molecular weight excluding hydrogens is 518 g/mol. The van der Waals surface area contributed by atoms with Gasteiger partial charge >= 0.3 is 0 Å². The van der Waals surface area contributed by atoms with Gasteiger partial charge in [0.2, 0.25) is 5.91 Å². The van der Waals surface area contributed by atoms with Gasteiger partial charge in [-0.1, -0.05) is 6.08 Å². The van der Waals surface area contributed by atoms with Crippen LogP contribution in [0.2, 0.25) is 0 Å². The number of aromatic nitrogens is 2. The van der Waals surface area contributed by atoms with Crippen molar-refractivity contribution < 1.29 is 4.79 Å². The van der Waals surface area contributed by atoms with Crippen LogP contribution in [0.4, 0.5) is 17.2 Å². The van der Waals surface area contributed by atoms with E-state index in [-0.39, 0.29) is 11.5 Å². The number of hydrogen-bond acceptors (Lipinski definition) is 8. The van der Waals surface area contributed by atoms with E-state index in [2.05, 4.69) is 79.5 Å². The van der Waals surface area contributed by atoms with E-state index in [0.717, 1.165) is 94.2 Å². The van der Waals surface area contributed by atoms with Crippen molar-refractivity contribution >= 4 is 44.7 Å². The van der Waals surface area contributed by atoms with Crippen molar-refractivity contribution in [2.24, 2.45) is 5.41 Å². The summed E-state index contributed by atoms with van der Waals surface area (Å²) < 4.78 is 1.18. The quantitative estimate of drug-likeness (QED) is 0.407. The van der Waals surface area contributed by atoms with E-state index in [9.17, 15) is 4.79 Å². The summed E-state index contributed by atoms with van der Waals surface area (Å²) >= 11 is 1.66. The second-order valence-electron chi connectivity index (χ2n) is 12.2. The number of amides is 1. The lowest BCUT2D eigenvalue weighted by Crippen LogP contribution is -2.52. The van der Waals surface area contributed by atoms with Gasteiger partial charge in [0.05, 0.1) is 27.2 Å². The molecule has 2 fully saturated rings. The number of thiazole rings is 1. The first kappa shape index (κ1) is 25.9. The zero-order valence-electron chi connectivity index (χ0n) is 23.5. The minimum atomic E-state index is -0.139. The van der Waals surface area contributed by atoms with E-state index in [1.165, 1.54) is 15.8 Å². The van der Waals surface area contributed by atoms with Gasteiger partial charge in [0.1, 0.15) is 5.82 Å². The van der Waals surface area contributed by atoms with Crippen molar-refractivity contribution in [3.05, 3.63) is 53.2 Å². The maximum Gasteiger partial charge on any atom is 0.230 e. The second kappa shape index (κ2) is 10.4. The fraction of sp³-hybridized carbons (Fsp3) is 0.516. The van der Waals surface area contributed by atoms with E-state index in [1.807, 2.05) is 11.7 Å². The first-order valence-corrected chi connectivity index (χ1v) is 15.6. The van der Waals surface area contributed by atoms with E-state index in [1.54, 1.807) is 11.3 Å². The number of benzene rings is 1. The fourth-order valence-corrected chi connectivity index (χ4v) is 7.37. The third kappa shape index (κ3) is 4.99. The third-order valence-electron chi connectivity index (χ3n) is 9.34. The third-order valence-corrected chi connectivity index (χ3v) is 10.1. The molecular formula is C31H39N7OS. The predicted molar refractivity (Wildman–Crippen MR) is 162 cm³/mol. The van der Waals surface area contributed by atoms with E-state index in [0.29, 0.717) is 11.9 Å². The number of nitrogens with zero attached hydrogens (tertiary/aromatic N) is 5. The zero-order valence-corrected chi connectivity index (χ0v) is 24.3. The van der Waals surface area contributed by atoms with Gasteiger partial charge in [-0.05, 0) is 62.9 Å². The number of carbonyl (C=O) groups excluding carboxylic acids is 1. The molecule has 3 aliphatic heterocycles. The van der Waals surface area contributed by atoms with Crippen LogP contribution >= 0.6 is 11.3 Å². The summed E-state index contributed by atoms with van der Waals surface area (Å²) in [5, 5.41) is 7.28. The minimum absolute atomic E-state index is 0.139. The topological polar surface area (TPSA) is 76.6 Å². The standard InChI is InChI=1S/C31H39N7OS/c1-21(2)37-15-13-36(14-16-37)19-31(8-9-31)30(39)38-11-6-22(7-12-38)27-18-24-25(5-10-32-29(24)35-27)34-23-3-4-26-28(17-23)40-20-33-26/h3-6,10,17,20-21,27H,7-9,11-16,18-19H2,1-2H3,(H2,32,34,35). The van der Waals surface area contributed by atoms with Crippen molar-refractivity contribution in [3.63, 3.8) is 0 Å². The Bertz CT molecular complexity index is 1440. The Hall–Kier alpha value is -3.01. The van der Waals surface area contributed by atoms with Crippen molar-refractivity contribution in [2.75, 3.05) is 56.4 Å². The highest BCUT2D eigenvalue weighted by atomic mass is 32.1. The SMILES string of the molecule is CC(C)N1CCN(CC2(C(=O)N3CC=C(C4Cc5c(Nc6ccc7ncsc7c6)ccnc5N4)CC3)CC2)CC1. The maximum atomic E-state index is 13.6. The Labute approximate surface area is 240 Å². The summed E-state index contributed by atoms with van der Waals surface area (Å²) in [6.07, 6.45) is 8.08. The van der Waals surface area contributed by atoms with Gasteiger partial charge in [-0.2, -0.15) is 0 Å². The van der Waals surface area contributed by atoms with Crippen LogP contribution in [0.25, 0.3) is 10.2 Å². The van der Waals surface area contributed by atoms with E-state index in [4.69, 9.17) is 0 Å². The monoisotopic (exact) mass is 557 g/mol. The maximum absolute atomic E-state index is 13.6. The van der Waals surface area contributed by atoms with Crippen LogP contribution in [0.1, 0.15) is 38.7 Å². The lowest BCUT2D eigenvalue weighted by molar-refractivity contribution is -0.137. The van der Waals surface area contributed by atoms with Crippen LogP contribution in [0.5, 0.6) is 0 Å². The average Bonchev–Trinajstić information content (AvgIpc) is 3.38. The van der Waals surface area contributed by atoms with Crippen molar-refractivity contribution in [2.45, 2.75) is 51.6 Å². The molecule has 1 aromatic carbocycles. The van der Waals surface area contributed by atoms with Gasteiger partial charge in [0.25, 0.3) is 0 Å². The number of hydrogen-bond donors (Lipinski definition) is 2. The molecule has 1 amide bonds. The second-order valence-corrected chi connectivity index (χ2v) is 13.1. The molecule has 4 aliphatic rings. The number of piperazine rings is 1. The summed E-state index contributed by atoms with van der Waals surface area (Å²) in [6.45, 7) is 11.4. The molecule has 3 aromatic rings. The number of rotatable bonds is 7. The minimum Gasteiger partial charge on any atom is -0.363 e. The van der Waals surface area contributed by atoms with Crippen LogP contribution in [-0.4, -0.2) is 88.5 Å². The van der Waals surface area contributed by atoms with Gasteiger partial charge in [-0.15, -0.1) is 11.3 Å². The van der Waals surface area contributed by atoms with Gasteiger partial charge < -0.3 is 15.5 Å². The predicted octanol–water partition coefficient (Wildman–Crippen LogP) is 4.74. The summed E-state index contributed by atoms with van der Waals surface area (Å²) in [4.78, 5) is 29.9. The zero-order chi connectivity index (χ0) is 27.3. The van der Waals surface area contributed by atoms with Crippen LogP contribution in [0, 0.1) is 5.41 Å². The summed E-state index contributed by atoms with van der Waals surface area (Å²) in [5.41, 5.74) is 7.57. The molecule has 40 heavy (non-hydrogen) atoms. The Kier molecular flexibility index (Phi) is 6.76. The normalized spacial score (nSPS) is 22.7. The van der Waals surface area contributed by atoms with Gasteiger partial charge in [0, 0.05) is 81.4 Å². The molecule has 0 spiro atoms. The van der Waals surface area contributed by atoms with Crippen LogP contribution < -0.4 is 10.6 Å². The molecule has 0 radical (unpaired) electrons. The number of anilines is 3.